The Bertz CT molecular complexity index is 1100. The number of rotatable bonds is 8. The molecule has 2 N–H and O–H groups in total. The summed E-state index contributed by atoms with van der Waals surface area (Å²) in [6, 6.07) is 15.9. The molecule has 0 radical (unpaired) electrons. The van der Waals surface area contributed by atoms with Crippen molar-refractivity contribution in [1.82, 2.24) is 5.32 Å². The van der Waals surface area contributed by atoms with E-state index < -0.39 is 21.8 Å². The van der Waals surface area contributed by atoms with Gasteiger partial charge in [-0.2, -0.15) is 0 Å². The van der Waals surface area contributed by atoms with Crippen molar-refractivity contribution in [2.75, 3.05) is 19.0 Å². The minimum atomic E-state index is -1.93. The van der Waals surface area contributed by atoms with Crippen molar-refractivity contribution < 1.29 is 19.1 Å². The number of hydrogen-bond donors (Lipinski definition) is 2. The van der Waals surface area contributed by atoms with Gasteiger partial charge in [-0.3, -0.25) is 4.79 Å². The maximum Gasteiger partial charge on any atom is 0.341 e. The summed E-state index contributed by atoms with van der Waals surface area (Å²) in [6.07, 6.45) is -1.15. The maximum atomic E-state index is 12.8. The number of nitrogens with one attached hydrogen (secondary N) is 2. The molecule has 0 spiro atoms. The summed E-state index contributed by atoms with van der Waals surface area (Å²) in [7, 11) is 1.53. The summed E-state index contributed by atoms with van der Waals surface area (Å²) in [5, 5.41) is 7.89. The Kier molecular flexibility index (Phi) is 8.48. The predicted octanol–water partition coefficient (Wildman–Crippen LogP) is 6.14. The molecule has 10 heteroatoms. The van der Waals surface area contributed by atoms with Gasteiger partial charge in [-0.15, -0.1) is 11.3 Å². The van der Waals surface area contributed by atoms with Gasteiger partial charge in [0.2, 0.25) is 3.79 Å². The molecule has 174 valence electrons. The molecule has 1 heterocycles. The lowest BCUT2D eigenvalue weighted by Gasteiger charge is -2.27. The largest absolute Gasteiger partial charge is 0.497 e. The normalized spacial score (nSPS) is 12.0. The van der Waals surface area contributed by atoms with Crippen LogP contribution in [-0.4, -0.2) is 35.6 Å². The first-order chi connectivity index (χ1) is 15.7. The van der Waals surface area contributed by atoms with E-state index in [4.69, 9.17) is 44.3 Å². The lowest BCUT2D eigenvalue weighted by molar-refractivity contribution is 0.0529. The van der Waals surface area contributed by atoms with Crippen LogP contribution in [0.5, 0.6) is 5.75 Å². The Morgan fingerprint density at radius 2 is 1.73 bits per heavy atom. The number of methoxy groups -OCH3 is 1. The maximum absolute atomic E-state index is 12.8. The molecule has 0 saturated heterocycles. The second-order valence-corrected chi connectivity index (χ2v) is 10.0. The van der Waals surface area contributed by atoms with Crippen molar-refractivity contribution in [3.8, 4) is 16.9 Å². The first-order valence-electron chi connectivity index (χ1n) is 9.86. The standard InChI is InChI=1S/C23H21Cl3N2O4S/c1-3-32-21(30)18-17(14-7-5-4-6-8-14)13-33-20(18)28-22(23(24,25)26)27-19(29)15-9-11-16(31-2)12-10-15/h4-13,22,28H,3H2,1-2H3,(H,27,29)/t22-/m0/s1. The van der Waals surface area contributed by atoms with Crippen molar-refractivity contribution >= 4 is 63.0 Å². The Hall–Kier alpha value is -2.45. The van der Waals surface area contributed by atoms with Crippen LogP contribution in [0.15, 0.2) is 60.0 Å². The second kappa shape index (κ2) is 11.1. The number of esters is 1. The molecule has 6 nitrogen and oxygen atoms in total. The fourth-order valence-corrected chi connectivity index (χ4v) is 4.30. The lowest BCUT2D eigenvalue weighted by Crippen LogP contribution is -2.49. The molecule has 0 aliphatic heterocycles. The average Bonchev–Trinajstić information content (AvgIpc) is 3.22. The zero-order chi connectivity index (χ0) is 24.0. The molecule has 1 atom stereocenters. The highest BCUT2D eigenvalue weighted by Crippen LogP contribution is 2.39. The molecular formula is C23H21Cl3N2O4S. The number of benzene rings is 2. The number of amides is 1. The van der Waals surface area contributed by atoms with Crippen LogP contribution >= 0.6 is 46.1 Å². The van der Waals surface area contributed by atoms with Crippen LogP contribution in [0.4, 0.5) is 5.00 Å². The third kappa shape index (κ3) is 6.32. The molecule has 0 aliphatic carbocycles. The Balaban J connectivity index is 1.92. The molecule has 0 unspecified atom stereocenters. The molecule has 0 aliphatic rings. The third-order valence-corrected chi connectivity index (χ3v) is 6.15. The first kappa shape index (κ1) is 25.2. The van der Waals surface area contributed by atoms with Gasteiger partial charge >= 0.3 is 5.97 Å². The van der Waals surface area contributed by atoms with Crippen molar-refractivity contribution in [3.63, 3.8) is 0 Å². The topological polar surface area (TPSA) is 76.7 Å². The van der Waals surface area contributed by atoms with Crippen LogP contribution in [0.25, 0.3) is 11.1 Å². The van der Waals surface area contributed by atoms with Crippen molar-refractivity contribution in [3.05, 3.63) is 71.1 Å². The van der Waals surface area contributed by atoms with Crippen LogP contribution < -0.4 is 15.4 Å². The number of alkyl halides is 3. The quantitative estimate of drug-likeness (QED) is 0.209. The zero-order valence-electron chi connectivity index (χ0n) is 17.7. The summed E-state index contributed by atoms with van der Waals surface area (Å²) >= 11 is 19.7. The summed E-state index contributed by atoms with van der Waals surface area (Å²) in [6.45, 7) is 1.92. The molecule has 0 bridgehead atoms. The van der Waals surface area contributed by atoms with E-state index in [0.717, 1.165) is 5.56 Å². The van der Waals surface area contributed by atoms with Crippen LogP contribution in [0.1, 0.15) is 27.6 Å². The molecule has 3 rings (SSSR count). The highest BCUT2D eigenvalue weighted by atomic mass is 35.6. The number of carbonyl (C=O) groups excluding carboxylic acids is 2. The summed E-state index contributed by atoms with van der Waals surface area (Å²) in [5.74, 6) is -0.391. The molecule has 1 aromatic heterocycles. The van der Waals surface area contributed by atoms with Crippen LogP contribution in [0, 0.1) is 0 Å². The zero-order valence-corrected chi connectivity index (χ0v) is 20.8. The number of ether oxygens (including phenoxy) is 2. The Labute approximate surface area is 210 Å². The summed E-state index contributed by atoms with van der Waals surface area (Å²) < 4.78 is 8.44. The summed E-state index contributed by atoms with van der Waals surface area (Å²) in [5.41, 5.74) is 2.15. The van der Waals surface area contributed by atoms with E-state index in [2.05, 4.69) is 10.6 Å². The van der Waals surface area contributed by atoms with Gasteiger partial charge in [0.1, 0.15) is 22.5 Å². The van der Waals surface area contributed by atoms with Crippen LogP contribution in [-0.2, 0) is 4.74 Å². The summed E-state index contributed by atoms with van der Waals surface area (Å²) in [4.78, 5) is 25.6. The average molecular weight is 528 g/mol. The van der Waals surface area contributed by atoms with Gasteiger partial charge in [0.05, 0.1) is 13.7 Å². The van der Waals surface area contributed by atoms with Crippen molar-refractivity contribution in [2.45, 2.75) is 16.9 Å². The number of thiophene rings is 1. The predicted molar refractivity (Wildman–Crippen MR) is 134 cm³/mol. The van der Waals surface area contributed by atoms with Crippen molar-refractivity contribution in [2.24, 2.45) is 0 Å². The fraction of sp³-hybridized carbons (Fsp3) is 0.217. The number of carbonyl (C=O) groups is 2. The van der Waals surface area contributed by atoms with E-state index in [-0.39, 0.29) is 6.61 Å². The molecule has 0 saturated carbocycles. The Morgan fingerprint density at radius 1 is 1.06 bits per heavy atom. The number of halogens is 3. The Morgan fingerprint density at radius 3 is 2.30 bits per heavy atom. The second-order valence-electron chi connectivity index (χ2n) is 6.76. The van der Waals surface area contributed by atoms with Gasteiger partial charge in [-0.05, 0) is 36.8 Å². The molecule has 1 amide bonds. The minimum Gasteiger partial charge on any atom is -0.497 e. The van der Waals surface area contributed by atoms with Gasteiger partial charge in [0, 0.05) is 16.5 Å². The van der Waals surface area contributed by atoms with Crippen LogP contribution in [0.3, 0.4) is 0 Å². The fourth-order valence-electron chi connectivity index (χ4n) is 2.99. The highest BCUT2D eigenvalue weighted by Gasteiger charge is 2.36. The van der Waals surface area contributed by atoms with E-state index in [1.807, 2.05) is 35.7 Å². The van der Waals surface area contributed by atoms with Crippen LogP contribution in [0.2, 0.25) is 0 Å². The molecule has 2 aromatic carbocycles. The smallest absolute Gasteiger partial charge is 0.341 e. The van der Waals surface area contributed by atoms with E-state index in [9.17, 15) is 9.59 Å². The van der Waals surface area contributed by atoms with E-state index >= 15 is 0 Å². The molecular weight excluding hydrogens is 507 g/mol. The van der Waals surface area contributed by atoms with E-state index in [1.54, 1.807) is 31.2 Å². The highest BCUT2D eigenvalue weighted by molar-refractivity contribution is 7.15. The van der Waals surface area contributed by atoms with Gasteiger partial charge in [-0.25, -0.2) is 4.79 Å². The SMILES string of the molecule is CCOC(=O)c1c(-c2ccccc2)csc1N[C@H](NC(=O)c1ccc(OC)cc1)C(Cl)(Cl)Cl. The van der Waals surface area contributed by atoms with Crippen molar-refractivity contribution in [1.29, 1.82) is 0 Å². The number of hydrogen-bond acceptors (Lipinski definition) is 6. The van der Waals surface area contributed by atoms with Gasteiger partial charge in [0.15, 0.2) is 0 Å². The van der Waals surface area contributed by atoms with Gasteiger partial charge in [0.25, 0.3) is 5.91 Å². The molecule has 33 heavy (non-hydrogen) atoms. The molecule has 0 fully saturated rings. The van der Waals surface area contributed by atoms with Gasteiger partial charge < -0.3 is 20.1 Å². The lowest BCUT2D eigenvalue weighted by atomic mass is 10.0. The monoisotopic (exact) mass is 526 g/mol. The molecule has 3 aromatic rings. The number of anilines is 1. The third-order valence-electron chi connectivity index (χ3n) is 4.59. The van der Waals surface area contributed by atoms with E-state index in [0.29, 0.717) is 27.4 Å². The van der Waals surface area contributed by atoms with Gasteiger partial charge in [-0.1, -0.05) is 65.1 Å². The first-order valence-corrected chi connectivity index (χ1v) is 11.9. The van der Waals surface area contributed by atoms with E-state index in [1.165, 1.54) is 18.4 Å². The minimum absolute atomic E-state index is 0.199.